The summed E-state index contributed by atoms with van der Waals surface area (Å²) in [6.45, 7) is 0.702. The van der Waals surface area contributed by atoms with E-state index < -0.39 is 0 Å². The third kappa shape index (κ3) is 3.18. The van der Waals surface area contributed by atoms with Gasteiger partial charge in [0, 0.05) is 9.50 Å². The molecular weight excluding hydrogens is 346 g/mol. The molecule has 0 spiro atoms. The maximum absolute atomic E-state index is 6.40. The number of hydrogen-bond acceptors (Lipinski definition) is 1. The number of aryl methyl sites for hydroxylation is 1. The first kappa shape index (κ1) is 15.1. The maximum Gasteiger partial charge on any atom is 0.0449 e. The van der Waals surface area contributed by atoms with Crippen LogP contribution in [0.15, 0.2) is 46.9 Å². The van der Waals surface area contributed by atoms with Crippen molar-refractivity contribution in [3.05, 3.63) is 68.7 Å². The lowest BCUT2D eigenvalue weighted by Crippen LogP contribution is -2.38. The summed E-state index contributed by atoms with van der Waals surface area (Å²) in [5, 5.41) is 0.830. The Hall–Kier alpha value is -0.830. The molecule has 0 aromatic heterocycles. The molecule has 0 radical (unpaired) electrons. The van der Waals surface area contributed by atoms with Gasteiger partial charge in [-0.1, -0.05) is 57.9 Å². The predicted molar refractivity (Wildman–Crippen MR) is 92.8 cm³/mol. The van der Waals surface area contributed by atoms with E-state index in [1.54, 1.807) is 0 Å². The Labute approximate surface area is 139 Å². The van der Waals surface area contributed by atoms with Crippen LogP contribution in [-0.4, -0.2) is 6.54 Å². The molecule has 0 amide bonds. The summed E-state index contributed by atoms with van der Waals surface area (Å²) in [4.78, 5) is 0. The highest BCUT2D eigenvalue weighted by molar-refractivity contribution is 9.10. The van der Waals surface area contributed by atoms with Crippen LogP contribution in [0.25, 0.3) is 0 Å². The van der Waals surface area contributed by atoms with Gasteiger partial charge in [0.25, 0.3) is 0 Å². The Bertz CT molecular complexity index is 655. The van der Waals surface area contributed by atoms with E-state index in [4.69, 9.17) is 17.3 Å². The number of hydrogen-bond donors (Lipinski definition) is 1. The zero-order valence-electron chi connectivity index (χ0n) is 11.9. The van der Waals surface area contributed by atoms with Gasteiger partial charge in [-0.05, 0) is 66.5 Å². The van der Waals surface area contributed by atoms with E-state index in [0.717, 1.165) is 35.2 Å². The molecule has 1 unspecified atom stereocenters. The van der Waals surface area contributed by atoms with Gasteiger partial charge in [-0.15, -0.1) is 0 Å². The lowest BCUT2D eigenvalue weighted by atomic mass is 9.68. The van der Waals surface area contributed by atoms with Crippen LogP contribution in [0.1, 0.15) is 23.1 Å². The van der Waals surface area contributed by atoms with Crippen molar-refractivity contribution in [3.63, 3.8) is 0 Å². The largest absolute Gasteiger partial charge is 0.330 e. The van der Waals surface area contributed by atoms with Crippen molar-refractivity contribution in [1.29, 1.82) is 0 Å². The molecule has 1 nitrogen and oxygen atoms in total. The standard InChI is InChI=1S/C18H19BrClN/c19-16-6-5-15(17(20)9-16)11-18(12-21)8-7-13-3-1-2-4-14(13)10-18/h1-6,9H,7-8,10-12,21H2. The fraction of sp³-hybridized carbons (Fsp3) is 0.333. The second-order valence-electron chi connectivity index (χ2n) is 6.06. The first-order chi connectivity index (χ1) is 10.1. The van der Waals surface area contributed by atoms with Gasteiger partial charge in [0.05, 0.1) is 0 Å². The first-order valence-corrected chi connectivity index (χ1v) is 8.50. The SMILES string of the molecule is NCC1(Cc2ccc(Br)cc2Cl)CCc2ccccc2C1. The Morgan fingerprint density at radius 3 is 2.62 bits per heavy atom. The molecule has 0 saturated carbocycles. The average molecular weight is 365 g/mol. The zero-order valence-corrected chi connectivity index (χ0v) is 14.3. The van der Waals surface area contributed by atoms with E-state index in [1.165, 1.54) is 16.7 Å². The first-order valence-electron chi connectivity index (χ1n) is 7.33. The monoisotopic (exact) mass is 363 g/mol. The fourth-order valence-corrected chi connectivity index (χ4v) is 4.07. The van der Waals surface area contributed by atoms with Crippen LogP contribution in [0.2, 0.25) is 5.02 Å². The summed E-state index contributed by atoms with van der Waals surface area (Å²) in [6.07, 6.45) is 4.24. The number of rotatable bonds is 3. The summed E-state index contributed by atoms with van der Waals surface area (Å²) in [5.41, 5.74) is 10.4. The third-order valence-electron chi connectivity index (χ3n) is 4.62. The molecule has 2 N–H and O–H groups in total. The number of halogens is 2. The van der Waals surface area contributed by atoms with Crippen molar-refractivity contribution in [2.75, 3.05) is 6.54 Å². The second-order valence-corrected chi connectivity index (χ2v) is 7.38. The average Bonchev–Trinajstić information content (AvgIpc) is 2.50. The lowest BCUT2D eigenvalue weighted by molar-refractivity contribution is 0.254. The van der Waals surface area contributed by atoms with Crippen LogP contribution in [0.4, 0.5) is 0 Å². The van der Waals surface area contributed by atoms with Crippen molar-refractivity contribution in [2.45, 2.75) is 25.7 Å². The van der Waals surface area contributed by atoms with Crippen molar-refractivity contribution >= 4 is 27.5 Å². The Morgan fingerprint density at radius 1 is 1.14 bits per heavy atom. The highest BCUT2D eigenvalue weighted by Gasteiger charge is 2.33. The van der Waals surface area contributed by atoms with Crippen molar-refractivity contribution < 1.29 is 0 Å². The Kier molecular flexibility index (Phi) is 4.39. The Morgan fingerprint density at radius 2 is 1.90 bits per heavy atom. The van der Waals surface area contributed by atoms with Crippen molar-refractivity contribution in [2.24, 2.45) is 11.1 Å². The van der Waals surface area contributed by atoms with Gasteiger partial charge in [-0.2, -0.15) is 0 Å². The number of benzene rings is 2. The molecule has 0 aliphatic heterocycles. The molecule has 21 heavy (non-hydrogen) atoms. The summed E-state index contributed by atoms with van der Waals surface area (Å²) in [6, 6.07) is 14.9. The van der Waals surface area contributed by atoms with Crippen LogP contribution in [0.5, 0.6) is 0 Å². The van der Waals surface area contributed by atoms with E-state index >= 15 is 0 Å². The summed E-state index contributed by atoms with van der Waals surface area (Å²) < 4.78 is 1.02. The molecule has 0 heterocycles. The minimum absolute atomic E-state index is 0.131. The minimum atomic E-state index is 0.131. The molecule has 1 aliphatic rings. The normalized spacial score (nSPS) is 21.1. The quantitative estimate of drug-likeness (QED) is 0.833. The molecule has 1 aliphatic carbocycles. The second kappa shape index (κ2) is 6.12. The molecule has 0 bridgehead atoms. The van der Waals surface area contributed by atoms with Crippen molar-refractivity contribution in [1.82, 2.24) is 0 Å². The highest BCUT2D eigenvalue weighted by atomic mass is 79.9. The molecule has 1 atom stereocenters. The van der Waals surface area contributed by atoms with Gasteiger partial charge in [0.2, 0.25) is 0 Å². The van der Waals surface area contributed by atoms with Gasteiger partial charge < -0.3 is 5.73 Å². The molecule has 3 heteroatoms. The molecule has 110 valence electrons. The predicted octanol–water partition coefficient (Wildman–Crippen LogP) is 4.78. The molecule has 2 aromatic rings. The van der Waals surface area contributed by atoms with Crippen LogP contribution < -0.4 is 5.73 Å². The third-order valence-corrected chi connectivity index (χ3v) is 5.47. The number of fused-ring (bicyclic) bond motifs is 1. The molecule has 0 saturated heterocycles. The van der Waals surface area contributed by atoms with Crippen LogP contribution in [0.3, 0.4) is 0 Å². The molecule has 3 rings (SSSR count). The van der Waals surface area contributed by atoms with E-state index in [-0.39, 0.29) is 5.41 Å². The smallest absolute Gasteiger partial charge is 0.0449 e. The molecule has 0 fully saturated rings. The van der Waals surface area contributed by atoms with E-state index in [2.05, 4.69) is 52.3 Å². The lowest BCUT2D eigenvalue weighted by Gasteiger charge is -2.38. The van der Waals surface area contributed by atoms with E-state index in [9.17, 15) is 0 Å². The van der Waals surface area contributed by atoms with E-state index in [0.29, 0.717) is 6.54 Å². The summed E-state index contributed by atoms with van der Waals surface area (Å²) in [5.74, 6) is 0. The van der Waals surface area contributed by atoms with Gasteiger partial charge in [-0.25, -0.2) is 0 Å². The number of nitrogens with two attached hydrogens (primary N) is 1. The topological polar surface area (TPSA) is 26.0 Å². The van der Waals surface area contributed by atoms with Gasteiger partial charge >= 0.3 is 0 Å². The Balaban J connectivity index is 1.88. The summed E-state index contributed by atoms with van der Waals surface area (Å²) >= 11 is 9.86. The summed E-state index contributed by atoms with van der Waals surface area (Å²) in [7, 11) is 0. The molecule has 2 aromatic carbocycles. The zero-order chi connectivity index (χ0) is 14.9. The van der Waals surface area contributed by atoms with Crippen molar-refractivity contribution in [3.8, 4) is 0 Å². The fourth-order valence-electron chi connectivity index (χ4n) is 3.33. The minimum Gasteiger partial charge on any atom is -0.330 e. The highest BCUT2D eigenvalue weighted by Crippen LogP contribution is 2.39. The van der Waals surface area contributed by atoms with Gasteiger partial charge in [0.15, 0.2) is 0 Å². The van der Waals surface area contributed by atoms with Gasteiger partial charge in [0.1, 0.15) is 0 Å². The van der Waals surface area contributed by atoms with E-state index in [1.807, 2.05) is 6.07 Å². The van der Waals surface area contributed by atoms with Crippen LogP contribution in [0, 0.1) is 5.41 Å². The van der Waals surface area contributed by atoms with Crippen LogP contribution in [-0.2, 0) is 19.3 Å². The van der Waals surface area contributed by atoms with Gasteiger partial charge in [-0.3, -0.25) is 0 Å². The van der Waals surface area contributed by atoms with Crippen LogP contribution >= 0.6 is 27.5 Å². The molecular formula is C18H19BrClN. The maximum atomic E-state index is 6.40.